The summed E-state index contributed by atoms with van der Waals surface area (Å²) < 4.78 is 46.1. The van der Waals surface area contributed by atoms with Crippen molar-refractivity contribution in [1.29, 1.82) is 5.26 Å². The van der Waals surface area contributed by atoms with Crippen LogP contribution in [0.5, 0.6) is 11.5 Å². The van der Waals surface area contributed by atoms with Gasteiger partial charge in [0.25, 0.3) is 0 Å². The van der Waals surface area contributed by atoms with Gasteiger partial charge in [0.15, 0.2) is 11.5 Å². The molecule has 206 valence electrons. The van der Waals surface area contributed by atoms with E-state index in [0.29, 0.717) is 42.4 Å². The Balaban J connectivity index is 1.14. The van der Waals surface area contributed by atoms with E-state index in [0.717, 1.165) is 50.0 Å². The Morgan fingerprint density at radius 2 is 1.95 bits per heavy atom. The second-order valence-electron chi connectivity index (χ2n) is 11.1. The molecule has 4 aliphatic heterocycles. The zero-order valence-corrected chi connectivity index (χ0v) is 23.1. The van der Waals surface area contributed by atoms with Crippen LogP contribution in [0.15, 0.2) is 63.2 Å². The van der Waals surface area contributed by atoms with E-state index in [9.17, 15) is 13.7 Å². The van der Waals surface area contributed by atoms with Crippen LogP contribution in [0.3, 0.4) is 0 Å². The van der Waals surface area contributed by atoms with Gasteiger partial charge >= 0.3 is 0 Å². The van der Waals surface area contributed by atoms with Crippen LogP contribution in [-0.4, -0.2) is 70.6 Å². The first-order valence-electron chi connectivity index (χ1n) is 13.6. The van der Waals surface area contributed by atoms with Crippen LogP contribution in [0.4, 0.5) is 0 Å². The number of hydrogen-bond donors (Lipinski definition) is 1. The largest absolute Gasteiger partial charge is 0.497 e. The third-order valence-corrected chi connectivity index (χ3v) is 10.4. The predicted molar refractivity (Wildman–Crippen MR) is 146 cm³/mol. The zero-order chi connectivity index (χ0) is 27.2. The third-order valence-electron chi connectivity index (χ3n) is 8.85. The molecule has 4 heterocycles. The first-order valence-corrected chi connectivity index (χ1v) is 15.1. The van der Waals surface area contributed by atoms with Crippen LogP contribution in [0.1, 0.15) is 39.0 Å². The monoisotopic (exact) mass is 550 g/mol. The minimum atomic E-state index is -3.69. The van der Waals surface area contributed by atoms with Crippen molar-refractivity contribution in [3.63, 3.8) is 0 Å². The number of piperidine rings is 1. The zero-order valence-electron chi connectivity index (χ0n) is 22.3. The Bertz CT molecular complexity index is 1410. The summed E-state index contributed by atoms with van der Waals surface area (Å²) in [5, 5.41) is 9.88. The van der Waals surface area contributed by atoms with E-state index in [1.807, 2.05) is 12.2 Å². The molecule has 5 aliphatic rings. The molecular weight excluding hydrogens is 516 g/mol. The van der Waals surface area contributed by atoms with E-state index in [-0.39, 0.29) is 17.0 Å². The van der Waals surface area contributed by atoms with Crippen LogP contribution >= 0.6 is 0 Å². The number of sulfonamides is 1. The first kappa shape index (κ1) is 26.1. The number of fused-ring (bicyclic) bond motifs is 4. The van der Waals surface area contributed by atoms with Gasteiger partial charge in [0, 0.05) is 42.4 Å². The Kier molecular flexibility index (Phi) is 6.78. The van der Waals surface area contributed by atoms with E-state index in [1.54, 1.807) is 31.5 Å². The number of nitrogens with zero attached hydrogens (tertiary/aromatic N) is 3. The Morgan fingerprint density at radius 1 is 1.21 bits per heavy atom. The maximum atomic E-state index is 13.2. The summed E-state index contributed by atoms with van der Waals surface area (Å²) in [6.07, 6.45) is 12.2. The van der Waals surface area contributed by atoms with E-state index in [2.05, 4.69) is 33.7 Å². The van der Waals surface area contributed by atoms with E-state index in [4.69, 9.17) is 14.2 Å². The molecule has 1 aromatic carbocycles. The first-order chi connectivity index (χ1) is 18.8. The third kappa shape index (κ3) is 4.77. The van der Waals surface area contributed by atoms with Crippen molar-refractivity contribution in [2.24, 2.45) is 10.4 Å². The standard InChI is InChI=1S/C29H34N4O5S/c1-29-16-23(36-2)5-8-28(29)31-18-19(17-30)25(29)9-10-33-21-3-4-22(33)14-20(13-21)32-39(34,35)24-6-7-26-27(15-24)38-12-11-37-26/h5-8,15-16,18,20-22,28,32H,3-4,9-14H2,1-2H3. The number of benzene rings is 1. The summed E-state index contributed by atoms with van der Waals surface area (Å²) in [5.41, 5.74) is 1.31. The van der Waals surface area contributed by atoms with Crippen molar-refractivity contribution in [1.82, 2.24) is 9.62 Å². The van der Waals surface area contributed by atoms with Gasteiger partial charge in [0.1, 0.15) is 25.0 Å². The predicted octanol–water partition coefficient (Wildman–Crippen LogP) is 3.50. The molecule has 6 rings (SSSR count). The average molecular weight is 551 g/mol. The SMILES string of the molecule is COC1=CC2(C)C(CCN3C4CCC3CC(NS(=O)(=O)c3ccc5c(c3)OCCO5)C4)=C(C#N)C=NC2C=C1. The highest BCUT2D eigenvalue weighted by Crippen LogP contribution is 2.45. The molecule has 0 amide bonds. The smallest absolute Gasteiger partial charge is 0.240 e. The minimum Gasteiger partial charge on any atom is -0.497 e. The molecule has 4 atom stereocenters. The summed E-state index contributed by atoms with van der Waals surface area (Å²) in [6.45, 7) is 3.83. The lowest BCUT2D eigenvalue weighted by Crippen LogP contribution is -2.50. The second-order valence-corrected chi connectivity index (χ2v) is 12.8. The van der Waals surface area contributed by atoms with Gasteiger partial charge in [-0.1, -0.05) is 6.08 Å². The van der Waals surface area contributed by atoms with Crippen molar-refractivity contribution in [2.75, 3.05) is 26.9 Å². The maximum absolute atomic E-state index is 13.2. The molecule has 1 aromatic rings. The van der Waals surface area contributed by atoms with Gasteiger partial charge in [0.05, 0.1) is 23.6 Å². The van der Waals surface area contributed by atoms with Gasteiger partial charge in [-0.2, -0.15) is 5.26 Å². The fourth-order valence-electron chi connectivity index (χ4n) is 6.89. The molecule has 0 radical (unpaired) electrons. The van der Waals surface area contributed by atoms with Gasteiger partial charge in [0.2, 0.25) is 10.0 Å². The summed E-state index contributed by atoms with van der Waals surface area (Å²) >= 11 is 0. The number of aliphatic imine (C=N–C) groups is 1. The topological polar surface area (TPSA) is 113 Å². The number of rotatable bonds is 7. The van der Waals surface area contributed by atoms with Crippen molar-refractivity contribution >= 4 is 16.2 Å². The number of methoxy groups -OCH3 is 1. The van der Waals surface area contributed by atoms with Gasteiger partial charge in [-0.3, -0.25) is 9.89 Å². The van der Waals surface area contributed by atoms with Crippen LogP contribution in [0, 0.1) is 16.7 Å². The lowest BCUT2D eigenvalue weighted by molar-refractivity contribution is 0.123. The molecule has 1 N–H and O–H groups in total. The number of hydrogen-bond acceptors (Lipinski definition) is 8. The van der Waals surface area contributed by atoms with Gasteiger partial charge < -0.3 is 14.2 Å². The number of dihydropyridines is 1. The van der Waals surface area contributed by atoms with Gasteiger partial charge in [-0.05, 0) is 68.9 Å². The molecule has 10 heteroatoms. The Labute approximate surface area is 229 Å². The Morgan fingerprint density at radius 3 is 2.67 bits per heavy atom. The summed E-state index contributed by atoms with van der Waals surface area (Å²) in [4.78, 5) is 7.37. The molecule has 4 unspecified atom stereocenters. The molecule has 2 saturated heterocycles. The number of ether oxygens (including phenoxy) is 3. The average Bonchev–Trinajstić information content (AvgIpc) is 3.17. The van der Waals surface area contributed by atoms with Crippen LogP contribution in [0.25, 0.3) is 0 Å². The quantitative estimate of drug-likeness (QED) is 0.553. The number of allylic oxidation sites excluding steroid dienone is 2. The molecule has 2 fully saturated rings. The highest BCUT2D eigenvalue weighted by molar-refractivity contribution is 7.89. The molecular formula is C29H34N4O5S. The highest BCUT2D eigenvalue weighted by atomic mass is 32.2. The fraction of sp³-hybridized carbons (Fsp3) is 0.517. The van der Waals surface area contributed by atoms with Crippen molar-refractivity contribution in [3.8, 4) is 17.6 Å². The summed E-state index contributed by atoms with van der Waals surface area (Å²) in [5.74, 6) is 1.82. The van der Waals surface area contributed by atoms with E-state index < -0.39 is 15.4 Å². The van der Waals surface area contributed by atoms with Crippen LogP contribution < -0.4 is 14.2 Å². The van der Waals surface area contributed by atoms with E-state index in [1.165, 1.54) is 0 Å². The van der Waals surface area contributed by atoms with Crippen molar-refractivity contribution < 1.29 is 22.6 Å². The fourth-order valence-corrected chi connectivity index (χ4v) is 8.17. The van der Waals surface area contributed by atoms with Crippen LogP contribution in [-0.2, 0) is 14.8 Å². The normalized spacial score (nSPS) is 31.5. The van der Waals surface area contributed by atoms with Crippen LogP contribution in [0.2, 0.25) is 0 Å². The molecule has 0 aromatic heterocycles. The van der Waals surface area contributed by atoms with Crippen molar-refractivity contribution in [2.45, 2.75) is 68.1 Å². The molecule has 1 aliphatic carbocycles. The number of nitrogens with one attached hydrogen (secondary N) is 1. The lowest BCUT2D eigenvalue weighted by atomic mass is 9.69. The molecule has 39 heavy (non-hydrogen) atoms. The molecule has 0 saturated carbocycles. The lowest BCUT2D eigenvalue weighted by Gasteiger charge is -2.42. The summed E-state index contributed by atoms with van der Waals surface area (Å²) in [6, 6.07) is 7.58. The molecule has 0 spiro atoms. The van der Waals surface area contributed by atoms with Gasteiger partial charge in [-0.25, -0.2) is 13.1 Å². The van der Waals surface area contributed by atoms with Crippen molar-refractivity contribution in [3.05, 3.63) is 53.3 Å². The molecule has 2 bridgehead atoms. The van der Waals surface area contributed by atoms with E-state index >= 15 is 0 Å². The summed E-state index contributed by atoms with van der Waals surface area (Å²) in [7, 11) is -2.03. The Hall–Kier alpha value is -3.13. The second kappa shape index (κ2) is 10.1. The minimum absolute atomic E-state index is 0.0547. The highest BCUT2D eigenvalue weighted by Gasteiger charge is 2.44. The van der Waals surface area contributed by atoms with Gasteiger partial charge in [-0.15, -0.1) is 0 Å². The maximum Gasteiger partial charge on any atom is 0.240 e. The number of nitriles is 1. The molecule has 9 nitrogen and oxygen atoms in total.